The highest BCUT2D eigenvalue weighted by atomic mass is 16.6. The van der Waals surface area contributed by atoms with Gasteiger partial charge in [0, 0.05) is 22.9 Å². The Bertz CT molecular complexity index is 1000. The predicted molar refractivity (Wildman–Crippen MR) is 111 cm³/mol. The van der Waals surface area contributed by atoms with Gasteiger partial charge >= 0.3 is 0 Å². The molecule has 0 saturated heterocycles. The van der Waals surface area contributed by atoms with Crippen molar-refractivity contribution in [1.29, 1.82) is 0 Å². The van der Waals surface area contributed by atoms with Crippen LogP contribution in [-0.2, 0) is 5.41 Å². The molecule has 3 aromatic rings. The van der Waals surface area contributed by atoms with E-state index >= 15 is 0 Å². The maximum atomic E-state index is 12.7. The van der Waals surface area contributed by atoms with Crippen LogP contribution in [0.25, 0.3) is 0 Å². The van der Waals surface area contributed by atoms with Gasteiger partial charge in [-0.3, -0.25) is 14.9 Å². The molecule has 0 aliphatic carbocycles. The van der Waals surface area contributed by atoms with Crippen LogP contribution >= 0.6 is 0 Å². The first-order valence-electron chi connectivity index (χ1n) is 9.01. The quantitative estimate of drug-likeness (QED) is 0.344. The van der Waals surface area contributed by atoms with E-state index in [1.807, 2.05) is 24.3 Å². The maximum absolute atomic E-state index is 12.7. The topological polar surface area (TPSA) is 72.2 Å². The Kier molecular flexibility index (Phi) is 5.27. The lowest BCUT2D eigenvalue weighted by molar-refractivity contribution is -0.383. The van der Waals surface area contributed by atoms with Crippen LogP contribution in [0.4, 0.5) is 17.1 Å². The molecule has 0 spiro atoms. The highest BCUT2D eigenvalue weighted by Gasteiger charge is 2.16. The number of nitrogens with one attached hydrogen (secondary N) is 1. The van der Waals surface area contributed by atoms with Gasteiger partial charge in [-0.25, -0.2) is 0 Å². The lowest BCUT2D eigenvalue weighted by atomic mass is 9.86. The number of rotatable bonds is 5. The fraction of sp³-hybridized carbons (Fsp3) is 0.174. The number of ketones is 1. The van der Waals surface area contributed by atoms with Gasteiger partial charge in [0.05, 0.1) is 4.92 Å². The van der Waals surface area contributed by atoms with E-state index in [1.54, 1.807) is 42.5 Å². The zero-order chi connectivity index (χ0) is 20.3. The highest BCUT2D eigenvalue weighted by molar-refractivity contribution is 6.09. The summed E-state index contributed by atoms with van der Waals surface area (Å²) in [6, 6.07) is 21.0. The third-order valence-electron chi connectivity index (χ3n) is 4.54. The predicted octanol–water partition coefficient (Wildman–Crippen LogP) is 5.87. The Balaban J connectivity index is 1.77. The maximum Gasteiger partial charge on any atom is 0.292 e. The molecule has 5 nitrogen and oxygen atoms in total. The minimum Gasteiger partial charge on any atom is -0.350 e. The minimum atomic E-state index is -0.429. The number of hydrogen-bond acceptors (Lipinski definition) is 4. The van der Waals surface area contributed by atoms with Crippen LogP contribution < -0.4 is 5.32 Å². The number of benzene rings is 3. The van der Waals surface area contributed by atoms with E-state index in [9.17, 15) is 14.9 Å². The summed E-state index contributed by atoms with van der Waals surface area (Å²) >= 11 is 0. The van der Waals surface area contributed by atoms with Gasteiger partial charge in [0.25, 0.3) is 5.69 Å². The molecule has 0 fully saturated rings. The largest absolute Gasteiger partial charge is 0.350 e. The molecule has 5 heteroatoms. The Morgan fingerprint density at radius 2 is 1.39 bits per heavy atom. The lowest BCUT2D eigenvalue weighted by Crippen LogP contribution is -2.11. The van der Waals surface area contributed by atoms with E-state index in [2.05, 4.69) is 26.1 Å². The van der Waals surface area contributed by atoms with Crippen molar-refractivity contribution in [1.82, 2.24) is 0 Å². The van der Waals surface area contributed by atoms with Crippen molar-refractivity contribution in [3.63, 3.8) is 0 Å². The number of para-hydroxylation sites is 2. The molecule has 0 atom stereocenters. The van der Waals surface area contributed by atoms with Crippen LogP contribution in [-0.4, -0.2) is 10.7 Å². The van der Waals surface area contributed by atoms with Crippen LogP contribution in [0.3, 0.4) is 0 Å². The first-order valence-corrected chi connectivity index (χ1v) is 9.01. The van der Waals surface area contributed by atoms with Gasteiger partial charge in [-0.1, -0.05) is 57.2 Å². The van der Waals surface area contributed by atoms with Gasteiger partial charge < -0.3 is 5.32 Å². The minimum absolute atomic E-state index is 0.00147. The SMILES string of the molecule is CC(C)(C)c1ccc(C(=O)c2ccc(Nc3ccccc3[N+](=O)[O-])cc2)cc1. The number of carbonyl (C=O) groups is 1. The highest BCUT2D eigenvalue weighted by Crippen LogP contribution is 2.27. The van der Waals surface area contributed by atoms with Gasteiger partial charge in [-0.2, -0.15) is 0 Å². The van der Waals surface area contributed by atoms with Crippen LogP contribution in [0.1, 0.15) is 42.3 Å². The summed E-state index contributed by atoms with van der Waals surface area (Å²) in [4.78, 5) is 23.4. The molecule has 0 aromatic heterocycles. The van der Waals surface area contributed by atoms with Crippen molar-refractivity contribution >= 4 is 22.8 Å². The average molecular weight is 374 g/mol. The second kappa shape index (κ2) is 7.64. The molecule has 1 N–H and O–H groups in total. The number of nitrogens with zero attached hydrogens (tertiary/aromatic N) is 1. The summed E-state index contributed by atoms with van der Waals surface area (Å²) in [6.07, 6.45) is 0. The average Bonchev–Trinajstić information content (AvgIpc) is 2.68. The molecule has 3 aromatic carbocycles. The Hall–Kier alpha value is -3.47. The second-order valence-corrected chi connectivity index (χ2v) is 7.63. The first kappa shape index (κ1) is 19.3. The zero-order valence-corrected chi connectivity index (χ0v) is 16.1. The molecule has 142 valence electrons. The summed E-state index contributed by atoms with van der Waals surface area (Å²) in [7, 11) is 0. The fourth-order valence-corrected chi connectivity index (χ4v) is 2.89. The van der Waals surface area contributed by atoms with Gasteiger partial charge in [0.1, 0.15) is 5.69 Å². The number of hydrogen-bond donors (Lipinski definition) is 1. The van der Waals surface area contributed by atoms with Gasteiger partial charge in [0.2, 0.25) is 0 Å². The number of nitro benzene ring substituents is 1. The van der Waals surface area contributed by atoms with Crippen molar-refractivity contribution < 1.29 is 9.72 Å². The summed E-state index contributed by atoms with van der Waals surface area (Å²) in [5.41, 5.74) is 3.49. The van der Waals surface area contributed by atoms with E-state index in [4.69, 9.17) is 0 Å². The lowest BCUT2D eigenvalue weighted by Gasteiger charge is -2.19. The fourth-order valence-electron chi connectivity index (χ4n) is 2.89. The molecule has 0 saturated carbocycles. The number of anilines is 2. The van der Waals surface area contributed by atoms with Crippen molar-refractivity contribution in [2.24, 2.45) is 0 Å². The van der Waals surface area contributed by atoms with E-state index in [0.29, 0.717) is 22.5 Å². The molecule has 0 bridgehead atoms. The summed E-state index contributed by atoms with van der Waals surface area (Å²) in [6.45, 7) is 6.39. The summed E-state index contributed by atoms with van der Waals surface area (Å²) in [5, 5.41) is 14.1. The molecule has 0 unspecified atom stereocenters. The van der Waals surface area contributed by atoms with Gasteiger partial charge in [-0.15, -0.1) is 0 Å². The van der Waals surface area contributed by atoms with E-state index < -0.39 is 4.92 Å². The number of carbonyl (C=O) groups excluding carboxylic acids is 1. The molecule has 3 rings (SSSR count). The molecular weight excluding hydrogens is 352 g/mol. The molecule has 0 heterocycles. The molecule has 28 heavy (non-hydrogen) atoms. The Labute approximate surface area is 164 Å². The Morgan fingerprint density at radius 3 is 1.93 bits per heavy atom. The molecular formula is C23H22N2O3. The first-order chi connectivity index (χ1) is 13.3. The van der Waals surface area contributed by atoms with Gasteiger partial charge in [-0.05, 0) is 41.3 Å². The molecule has 0 aliphatic rings. The van der Waals surface area contributed by atoms with Crippen LogP contribution in [0, 0.1) is 10.1 Å². The number of nitro groups is 1. The van der Waals surface area contributed by atoms with Crippen molar-refractivity contribution in [3.8, 4) is 0 Å². The third kappa shape index (κ3) is 4.26. The summed E-state index contributed by atoms with van der Waals surface area (Å²) in [5.74, 6) is -0.0577. The van der Waals surface area contributed by atoms with E-state index in [-0.39, 0.29) is 16.9 Å². The summed E-state index contributed by atoms with van der Waals surface area (Å²) < 4.78 is 0. The van der Waals surface area contributed by atoms with Crippen molar-refractivity contribution in [3.05, 3.63) is 99.6 Å². The Morgan fingerprint density at radius 1 is 0.857 bits per heavy atom. The smallest absolute Gasteiger partial charge is 0.292 e. The van der Waals surface area contributed by atoms with Crippen LogP contribution in [0.15, 0.2) is 72.8 Å². The van der Waals surface area contributed by atoms with Crippen LogP contribution in [0.2, 0.25) is 0 Å². The van der Waals surface area contributed by atoms with Gasteiger partial charge in [0.15, 0.2) is 5.78 Å². The van der Waals surface area contributed by atoms with Crippen molar-refractivity contribution in [2.75, 3.05) is 5.32 Å². The molecule has 0 radical (unpaired) electrons. The van der Waals surface area contributed by atoms with Crippen molar-refractivity contribution in [2.45, 2.75) is 26.2 Å². The standard InChI is InChI=1S/C23H22N2O3/c1-23(2,3)18-12-8-16(9-13-18)22(26)17-10-14-19(15-11-17)24-20-6-4-5-7-21(20)25(27)28/h4-15,24H,1-3H3. The van der Waals surface area contributed by atoms with E-state index in [0.717, 1.165) is 0 Å². The second-order valence-electron chi connectivity index (χ2n) is 7.63. The molecule has 0 amide bonds. The normalized spacial score (nSPS) is 11.1. The van der Waals surface area contributed by atoms with Crippen LogP contribution in [0.5, 0.6) is 0 Å². The zero-order valence-electron chi connectivity index (χ0n) is 16.1. The third-order valence-corrected chi connectivity index (χ3v) is 4.54. The monoisotopic (exact) mass is 374 g/mol. The molecule has 0 aliphatic heterocycles. The van der Waals surface area contributed by atoms with E-state index in [1.165, 1.54) is 11.6 Å².